The van der Waals surface area contributed by atoms with E-state index >= 15 is 0 Å². The summed E-state index contributed by atoms with van der Waals surface area (Å²) in [5.74, 6) is 0.831. The molecule has 3 aromatic rings. The second-order valence-corrected chi connectivity index (χ2v) is 5.43. The third kappa shape index (κ3) is 2.66. The molecule has 0 fully saturated rings. The molecule has 0 aliphatic heterocycles. The molecule has 0 N–H and O–H groups in total. The first-order chi connectivity index (χ1) is 10.2. The lowest BCUT2D eigenvalue weighted by atomic mass is 10.1. The molecule has 0 atom stereocenters. The summed E-state index contributed by atoms with van der Waals surface area (Å²) < 4.78 is 2.15. The Labute approximate surface area is 124 Å². The summed E-state index contributed by atoms with van der Waals surface area (Å²) in [6.45, 7) is 4.97. The number of fused-ring (bicyclic) bond motifs is 1. The maximum absolute atomic E-state index is 9.02. The predicted octanol–water partition coefficient (Wildman–Crippen LogP) is 3.77. The van der Waals surface area contributed by atoms with Crippen LogP contribution in [0, 0.1) is 25.2 Å². The van der Waals surface area contributed by atoms with Gasteiger partial charge in [0, 0.05) is 6.54 Å². The van der Waals surface area contributed by atoms with E-state index in [1.54, 1.807) is 0 Å². The van der Waals surface area contributed by atoms with Gasteiger partial charge in [-0.25, -0.2) is 4.98 Å². The van der Waals surface area contributed by atoms with Crippen molar-refractivity contribution in [3.05, 3.63) is 65.0 Å². The van der Waals surface area contributed by atoms with Gasteiger partial charge in [-0.05, 0) is 31.5 Å². The van der Waals surface area contributed by atoms with Gasteiger partial charge in [-0.3, -0.25) is 0 Å². The van der Waals surface area contributed by atoms with Crippen molar-refractivity contribution in [2.75, 3.05) is 0 Å². The maximum atomic E-state index is 9.02. The molecule has 0 spiro atoms. The molecular formula is C18H17N3. The van der Waals surface area contributed by atoms with Gasteiger partial charge in [0.2, 0.25) is 0 Å². The van der Waals surface area contributed by atoms with Crippen LogP contribution in [0.5, 0.6) is 0 Å². The monoisotopic (exact) mass is 275 g/mol. The molecule has 2 aromatic carbocycles. The molecule has 0 saturated heterocycles. The number of imidazole rings is 1. The fourth-order valence-electron chi connectivity index (χ4n) is 2.85. The maximum Gasteiger partial charge on any atom is 0.124 e. The lowest BCUT2D eigenvalue weighted by molar-refractivity contribution is 0.768. The Hall–Kier alpha value is -2.60. The van der Waals surface area contributed by atoms with Gasteiger partial charge in [-0.15, -0.1) is 0 Å². The summed E-state index contributed by atoms with van der Waals surface area (Å²) >= 11 is 0. The molecule has 21 heavy (non-hydrogen) atoms. The van der Waals surface area contributed by atoms with Crippen molar-refractivity contribution >= 4 is 11.0 Å². The first-order valence-corrected chi connectivity index (χ1v) is 7.05. The summed E-state index contributed by atoms with van der Waals surface area (Å²) in [7, 11) is 0. The van der Waals surface area contributed by atoms with Crippen molar-refractivity contribution in [3.8, 4) is 6.07 Å². The van der Waals surface area contributed by atoms with E-state index in [0.717, 1.165) is 23.4 Å². The lowest BCUT2D eigenvalue weighted by Crippen LogP contribution is -2.05. The van der Waals surface area contributed by atoms with Gasteiger partial charge in [0.15, 0.2) is 0 Å². The van der Waals surface area contributed by atoms with E-state index in [1.807, 2.05) is 18.2 Å². The molecule has 0 amide bonds. The van der Waals surface area contributed by atoms with Crippen LogP contribution < -0.4 is 0 Å². The number of nitriles is 1. The van der Waals surface area contributed by atoms with Crippen molar-refractivity contribution in [1.82, 2.24) is 9.55 Å². The van der Waals surface area contributed by atoms with Gasteiger partial charge < -0.3 is 4.57 Å². The summed E-state index contributed by atoms with van der Waals surface area (Å²) in [5, 5.41) is 9.02. The number of aromatic nitrogens is 2. The lowest BCUT2D eigenvalue weighted by Gasteiger charge is -2.09. The summed E-state index contributed by atoms with van der Waals surface area (Å²) in [6, 6.07) is 16.8. The SMILES string of the molecule is Cc1cc(C)cc(Cn2c(CC#N)nc3ccccc32)c1. The Kier molecular flexibility index (Phi) is 3.45. The Morgan fingerprint density at radius 3 is 2.52 bits per heavy atom. The highest BCUT2D eigenvalue weighted by Gasteiger charge is 2.10. The molecule has 1 aromatic heterocycles. The zero-order valence-corrected chi connectivity index (χ0v) is 12.3. The minimum atomic E-state index is 0.333. The van der Waals surface area contributed by atoms with E-state index in [9.17, 15) is 0 Å². The highest BCUT2D eigenvalue weighted by molar-refractivity contribution is 5.76. The highest BCUT2D eigenvalue weighted by atomic mass is 15.1. The van der Waals surface area contributed by atoms with Gasteiger partial charge in [-0.2, -0.15) is 5.26 Å². The third-order valence-corrected chi connectivity index (χ3v) is 3.59. The number of aryl methyl sites for hydroxylation is 2. The fraction of sp³-hybridized carbons (Fsp3) is 0.222. The van der Waals surface area contributed by atoms with Crippen molar-refractivity contribution in [2.45, 2.75) is 26.8 Å². The molecule has 104 valence electrons. The zero-order valence-electron chi connectivity index (χ0n) is 12.3. The molecule has 0 unspecified atom stereocenters. The standard InChI is InChI=1S/C18H17N3/c1-13-9-14(2)11-15(10-13)12-21-17-6-4-3-5-16(17)20-18(21)7-8-19/h3-6,9-11H,7,12H2,1-2H3. The first kappa shape index (κ1) is 13.4. The number of nitrogens with zero attached hydrogens (tertiary/aromatic N) is 3. The molecule has 0 aliphatic carbocycles. The van der Waals surface area contributed by atoms with Crippen LogP contribution in [0.1, 0.15) is 22.5 Å². The van der Waals surface area contributed by atoms with Crippen molar-refractivity contribution < 1.29 is 0 Å². The fourth-order valence-corrected chi connectivity index (χ4v) is 2.85. The van der Waals surface area contributed by atoms with Gasteiger partial charge in [0.25, 0.3) is 0 Å². The normalized spacial score (nSPS) is 10.7. The smallest absolute Gasteiger partial charge is 0.124 e. The molecular weight excluding hydrogens is 258 g/mol. The Balaban J connectivity index is 2.10. The highest BCUT2D eigenvalue weighted by Crippen LogP contribution is 2.19. The Bertz CT molecular complexity index is 817. The van der Waals surface area contributed by atoms with Gasteiger partial charge >= 0.3 is 0 Å². The van der Waals surface area contributed by atoms with E-state index in [4.69, 9.17) is 5.26 Å². The summed E-state index contributed by atoms with van der Waals surface area (Å²) in [6.07, 6.45) is 0.333. The molecule has 1 heterocycles. The second kappa shape index (κ2) is 5.41. The Morgan fingerprint density at radius 1 is 1.10 bits per heavy atom. The van der Waals surface area contributed by atoms with Gasteiger partial charge in [0.05, 0.1) is 23.5 Å². The molecule has 0 saturated carbocycles. The van der Waals surface area contributed by atoms with E-state index in [0.29, 0.717) is 6.42 Å². The van der Waals surface area contributed by atoms with Crippen LogP contribution in [-0.2, 0) is 13.0 Å². The number of hydrogen-bond acceptors (Lipinski definition) is 2. The second-order valence-electron chi connectivity index (χ2n) is 5.43. The van der Waals surface area contributed by atoms with Crippen LogP contribution >= 0.6 is 0 Å². The minimum Gasteiger partial charge on any atom is -0.323 e. The molecule has 0 radical (unpaired) electrons. The average Bonchev–Trinajstić information content (AvgIpc) is 2.76. The number of benzene rings is 2. The molecule has 0 aliphatic rings. The van der Waals surface area contributed by atoms with E-state index in [1.165, 1.54) is 16.7 Å². The molecule has 3 rings (SSSR count). The van der Waals surface area contributed by atoms with E-state index < -0.39 is 0 Å². The summed E-state index contributed by atoms with van der Waals surface area (Å²) in [5.41, 5.74) is 5.80. The van der Waals surface area contributed by atoms with Crippen LogP contribution in [-0.4, -0.2) is 9.55 Å². The predicted molar refractivity (Wildman–Crippen MR) is 84.1 cm³/mol. The van der Waals surface area contributed by atoms with Crippen LogP contribution in [0.2, 0.25) is 0 Å². The quantitative estimate of drug-likeness (QED) is 0.730. The largest absolute Gasteiger partial charge is 0.323 e. The van der Waals surface area contributed by atoms with Crippen LogP contribution in [0.15, 0.2) is 42.5 Å². The van der Waals surface area contributed by atoms with Crippen molar-refractivity contribution in [1.29, 1.82) is 5.26 Å². The Morgan fingerprint density at radius 2 is 1.81 bits per heavy atom. The molecule has 3 nitrogen and oxygen atoms in total. The minimum absolute atomic E-state index is 0.333. The van der Waals surface area contributed by atoms with Crippen molar-refractivity contribution in [2.24, 2.45) is 0 Å². The van der Waals surface area contributed by atoms with Crippen LogP contribution in [0.4, 0.5) is 0 Å². The van der Waals surface area contributed by atoms with Crippen LogP contribution in [0.25, 0.3) is 11.0 Å². The van der Waals surface area contributed by atoms with Gasteiger partial charge in [-0.1, -0.05) is 41.5 Å². The van der Waals surface area contributed by atoms with E-state index in [2.05, 4.69) is 53.7 Å². The third-order valence-electron chi connectivity index (χ3n) is 3.59. The van der Waals surface area contributed by atoms with Crippen LogP contribution in [0.3, 0.4) is 0 Å². The topological polar surface area (TPSA) is 41.6 Å². The van der Waals surface area contributed by atoms with Crippen molar-refractivity contribution in [3.63, 3.8) is 0 Å². The summed E-state index contributed by atoms with van der Waals surface area (Å²) in [4.78, 5) is 4.58. The number of rotatable bonds is 3. The average molecular weight is 275 g/mol. The van der Waals surface area contributed by atoms with E-state index in [-0.39, 0.29) is 0 Å². The number of hydrogen-bond donors (Lipinski definition) is 0. The first-order valence-electron chi connectivity index (χ1n) is 7.05. The zero-order chi connectivity index (χ0) is 14.8. The molecule has 3 heteroatoms. The van der Waals surface area contributed by atoms with Gasteiger partial charge in [0.1, 0.15) is 5.82 Å². The number of para-hydroxylation sites is 2. The molecule has 0 bridgehead atoms.